The van der Waals surface area contributed by atoms with Crippen molar-refractivity contribution >= 4 is 34.7 Å². The molecular weight excluding hydrogens is 413 g/mol. The molecule has 0 bridgehead atoms. The third-order valence-corrected chi connectivity index (χ3v) is 5.66. The Labute approximate surface area is 173 Å². The van der Waals surface area contributed by atoms with E-state index in [1.165, 1.54) is 47.4 Å². The Morgan fingerprint density at radius 2 is 1.83 bits per heavy atom. The van der Waals surface area contributed by atoms with E-state index in [4.69, 9.17) is 4.42 Å². The van der Waals surface area contributed by atoms with E-state index < -0.39 is 5.91 Å². The molecule has 2 aromatic carbocycles. The predicted octanol–water partition coefficient (Wildman–Crippen LogP) is 4.20. The summed E-state index contributed by atoms with van der Waals surface area (Å²) in [6.07, 6.45) is 0.570. The van der Waals surface area contributed by atoms with Crippen LogP contribution in [-0.4, -0.2) is 26.3 Å². The molecule has 146 valence electrons. The largest absolute Gasteiger partial charge is 0.416 e. The monoisotopic (exact) mass is 427 g/mol. The topological polar surface area (TPSA) is 93.8 Å². The first kappa shape index (κ1) is 19.2. The van der Waals surface area contributed by atoms with E-state index in [9.17, 15) is 9.18 Å². The quantitative estimate of drug-likeness (QED) is 0.442. The van der Waals surface area contributed by atoms with Crippen molar-refractivity contribution in [2.45, 2.75) is 17.4 Å². The molecule has 0 unspecified atom stereocenters. The number of hydrogen-bond donors (Lipinski definition) is 1. The second-order valence-corrected chi connectivity index (χ2v) is 7.86. The fraction of sp³-hybridized carbons (Fsp3) is 0.105. The number of nitrogens with zero attached hydrogens (tertiary/aromatic N) is 4. The van der Waals surface area contributed by atoms with Crippen LogP contribution < -0.4 is 5.32 Å². The van der Waals surface area contributed by atoms with Crippen LogP contribution >= 0.6 is 23.1 Å². The highest BCUT2D eigenvalue weighted by atomic mass is 32.2. The van der Waals surface area contributed by atoms with Crippen LogP contribution in [0, 0.1) is 5.82 Å². The number of hydrogen-bond acceptors (Lipinski definition) is 8. The number of nitrogens with one attached hydrogen (secondary N) is 1. The van der Waals surface area contributed by atoms with Gasteiger partial charge in [0.1, 0.15) is 10.8 Å². The Morgan fingerprint density at radius 1 is 1.03 bits per heavy atom. The fourth-order valence-corrected chi connectivity index (χ4v) is 3.88. The first-order valence-corrected chi connectivity index (χ1v) is 10.3. The smallest absolute Gasteiger partial charge is 0.286 e. The number of halogens is 1. The van der Waals surface area contributed by atoms with Crippen molar-refractivity contribution in [1.29, 1.82) is 0 Å². The summed E-state index contributed by atoms with van der Waals surface area (Å²) in [6.45, 7) is 0. The molecule has 4 rings (SSSR count). The number of amides is 1. The van der Waals surface area contributed by atoms with Crippen molar-refractivity contribution in [2.24, 2.45) is 0 Å². The van der Waals surface area contributed by atoms with E-state index in [0.717, 1.165) is 5.56 Å². The molecule has 0 spiro atoms. The van der Waals surface area contributed by atoms with Crippen LogP contribution in [-0.2, 0) is 12.2 Å². The zero-order chi connectivity index (χ0) is 20.1. The van der Waals surface area contributed by atoms with E-state index in [-0.39, 0.29) is 10.8 Å². The first-order valence-electron chi connectivity index (χ1n) is 8.54. The zero-order valence-corrected chi connectivity index (χ0v) is 16.5. The van der Waals surface area contributed by atoms with Crippen molar-refractivity contribution in [1.82, 2.24) is 20.4 Å². The summed E-state index contributed by atoms with van der Waals surface area (Å²) in [7, 11) is 0. The summed E-state index contributed by atoms with van der Waals surface area (Å²) in [4.78, 5) is 12.2. The Bertz CT molecular complexity index is 1100. The van der Waals surface area contributed by atoms with Crippen molar-refractivity contribution in [3.05, 3.63) is 81.9 Å². The zero-order valence-electron chi connectivity index (χ0n) is 14.9. The molecule has 0 aliphatic rings. The van der Waals surface area contributed by atoms with E-state index in [1.807, 2.05) is 30.3 Å². The summed E-state index contributed by atoms with van der Waals surface area (Å²) in [5.41, 5.74) is 1.58. The first-order chi connectivity index (χ1) is 14.2. The van der Waals surface area contributed by atoms with Crippen molar-refractivity contribution < 1.29 is 13.6 Å². The molecule has 0 aliphatic heterocycles. The lowest BCUT2D eigenvalue weighted by atomic mass is 10.2. The average molecular weight is 427 g/mol. The summed E-state index contributed by atoms with van der Waals surface area (Å²) in [6, 6.07) is 15.4. The molecule has 0 saturated heterocycles. The number of thioether (sulfide) groups is 1. The van der Waals surface area contributed by atoms with Crippen LogP contribution in [0.3, 0.4) is 0 Å². The lowest BCUT2D eigenvalue weighted by Crippen LogP contribution is -2.11. The molecule has 1 N–H and O–H groups in total. The lowest BCUT2D eigenvalue weighted by molar-refractivity contribution is 0.102. The van der Waals surface area contributed by atoms with Gasteiger partial charge in [0, 0.05) is 5.69 Å². The number of aromatic nitrogens is 4. The van der Waals surface area contributed by atoms with Crippen LogP contribution in [0.25, 0.3) is 0 Å². The van der Waals surface area contributed by atoms with Gasteiger partial charge in [0.2, 0.25) is 10.9 Å². The Kier molecular flexibility index (Phi) is 5.92. The molecule has 0 saturated carbocycles. The van der Waals surface area contributed by atoms with Gasteiger partial charge in [-0.15, -0.1) is 20.4 Å². The summed E-state index contributed by atoms with van der Waals surface area (Å²) >= 11 is 2.50. The van der Waals surface area contributed by atoms with Gasteiger partial charge in [-0.1, -0.05) is 53.4 Å². The highest BCUT2D eigenvalue weighted by Gasteiger charge is 2.15. The molecule has 0 atom stereocenters. The van der Waals surface area contributed by atoms with E-state index >= 15 is 0 Å². The van der Waals surface area contributed by atoms with Gasteiger partial charge in [-0.2, -0.15) is 0 Å². The summed E-state index contributed by atoms with van der Waals surface area (Å²) in [5.74, 6) is 0.226. The molecule has 7 nitrogen and oxygen atoms in total. The van der Waals surface area contributed by atoms with E-state index in [1.54, 1.807) is 0 Å². The predicted molar refractivity (Wildman–Crippen MR) is 107 cm³/mol. The molecule has 29 heavy (non-hydrogen) atoms. The third-order valence-electron chi connectivity index (χ3n) is 3.73. The third kappa shape index (κ3) is 5.24. The number of carbonyl (C=O) groups excluding carboxylic acids is 1. The van der Waals surface area contributed by atoms with Gasteiger partial charge in [0.15, 0.2) is 0 Å². The Hall–Kier alpha value is -3.11. The maximum Gasteiger partial charge on any atom is 0.286 e. The minimum atomic E-state index is -0.395. The molecule has 1 amide bonds. The summed E-state index contributed by atoms with van der Waals surface area (Å²) < 4.78 is 18.6. The van der Waals surface area contributed by atoms with Gasteiger partial charge >= 0.3 is 0 Å². The van der Waals surface area contributed by atoms with Crippen molar-refractivity contribution in [3.8, 4) is 0 Å². The van der Waals surface area contributed by atoms with Crippen LogP contribution in [0.5, 0.6) is 0 Å². The van der Waals surface area contributed by atoms with Crippen LogP contribution in [0.4, 0.5) is 10.1 Å². The van der Waals surface area contributed by atoms with Gasteiger partial charge in [-0.05, 0) is 29.8 Å². The molecule has 0 fully saturated rings. The standard InChI is InChI=1S/C19H14FN5O2S2/c20-13-6-8-14(9-7-13)21-17(26)18-24-23-16(29-18)11-28-19-25-22-15(27-19)10-12-4-2-1-3-5-12/h1-9H,10-11H2,(H,21,26). The van der Waals surface area contributed by atoms with Gasteiger partial charge < -0.3 is 9.73 Å². The molecule has 0 aliphatic carbocycles. The second kappa shape index (κ2) is 8.93. The maximum absolute atomic E-state index is 12.9. The van der Waals surface area contributed by atoms with Gasteiger partial charge in [-0.3, -0.25) is 4.79 Å². The van der Waals surface area contributed by atoms with Gasteiger partial charge in [0.05, 0.1) is 12.2 Å². The van der Waals surface area contributed by atoms with Crippen LogP contribution in [0.2, 0.25) is 0 Å². The fourth-order valence-electron chi connectivity index (χ4n) is 2.38. The van der Waals surface area contributed by atoms with Crippen LogP contribution in [0.1, 0.15) is 26.3 Å². The number of rotatable bonds is 7. The molecule has 2 aromatic heterocycles. The molecular formula is C19H14FN5O2S2. The molecule has 10 heteroatoms. The maximum atomic E-state index is 12.9. The number of benzene rings is 2. The minimum absolute atomic E-state index is 0.222. The van der Waals surface area contributed by atoms with E-state index in [2.05, 4.69) is 25.7 Å². The van der Waals surface area contributed by atoms with Crippen LogP contribution in [0.15, 0.2) is 64.2 Å². The van der Waals surface area contributed by atoms with E-state index in [0.29, 0.717) is 34.0 Å². The molecule has 2 heterocycles. The SMILES string of the molecule is O=C(Nc1ccc(F)cc1)c1nnc(CSc2nnc(Cc3ccccc3)o2)s1. The second-order valence-electron chi connectivity index (χ2n) is 5.87. The minimum Gasteiger partial charge on any atom is -0.416 e. The van der Waals surface area contributed by atoms with Gasteiger partial charge in [-0.25, -0.2) is 4.39 Å². The van der Waals surface area contributed by atoms with Crippen molar-refractivity contribution in [2.75, 3.05) is 5.32 Å². The average Bonchev–Trinajstić information content (AvgIpc) is 3.38. The highest BCUT2D eigenvalue weighted by Crippen LogP contribution is 2.24. The molecule has 4 aromatic rings. The summed E-state index contributed by atoms with van der Waals surface area (Å²) in [5, 5.41) is 20.0. The Morgan fingerprint density at radius 3 is 2.62 bits per heavy atom. The lowest BCUT2D eigenvalue weighted by Gasteiger charge is -2.01. The normalized spacial score (nSPS) is 10.8. The Balaban J connectivity index is 1.31. The molecule has 0 radical (unpaired) electrons. The van der Waals surface area contributed by atoms with Crippen molar-refractivity contribution in [3.63, 3.8) is 0 Å². The number of anilines is 1. The van der Waals surface area contributed by atoms with Gasteiger partial charge in [0.25, 0.3) is 11.1 Å². The number of carbonyl (C=O) groups is 1. The highest BCUT2D eigenvalue weighted by molar-refractivity contribution is 7.98.